The molecule has 0 radical (unpaired) electrons. The number of para-hydroxylation sites is 1. The van der Waals surface area contributed by atoms with Crippen molar-refractivity contribution >= 4 is 40.5 Å². The van der Waals surface area contributed by atoms with Gasteiger partial charge in [-0.2, -0.15) is 0 Å². The molecule has 20 heavy (non-hydrogen) atoms. The van der Waals surface area contributed by atoms with Crippen molar-refractivity contribution in [2.24, 2.45) is 0 Å². The summed E-state index contributed by atoms with van der Waals surface area (Å²) in [6, 6.07) is 5.36. The van der Waals surface area contributed by atoms with E-state index in [4.69, 9.17) is 23.2 Å². The summed E-state index contributed by atoms with van der Waals surface area (Å²) in [6.45, 7) is 4.92. The number of rotatable bonds is 5. The molecule has 1 heterocycles. The molecule has 0 aliphatic heterocycles. The third-order valence-electron chi connectivity index (χ3n) is 2.83. The summed E-state index contributed by atoms with van der Waals surface area (Å²) in [5.41, 5.74) is 1.58. The Balaban J connectivity index is 2.30. The Kier molecular flexibility index (Phi) is 5.04. The highest BCUT2D eigenvalue weighted by atomic mass is 35.5. The van der Waals surface area contributed by atoms with Crippen molar-refractivity contribution in [3.8, 4) is 0 Å². The number of nitrogens with zero attached hydrogens (tertiary/aromatic N) is 2. The summed E-state index contributed by atoms with van der Waals surface area (Å²) in [5, 5.41) is 7.54. The molecule has 2 aromatic rings. The lowest BCUT2D eigenvalue weighted by Gasteiger charge is -2.14. The monoisotopic (exact) mass is 310 g/mol. The SMILES string of the molecule is CCCNc1ncnc(Nc2c(Cl)cccc2Cl)c1C. The van der Waals surface area contributed by atoms with Gasteiger partial charge in [0, 0.05) is 12.1 Å². The van der Waals surface area contributed by atoms with Gasteiger partial charge < -0.3 is 10.6 Å². The second kappa shape index (κ2) is 6.77. The third kappa shape index (κ3) is 3.32. The molecule has 0 saturated carbocycles. The minimum absolute atomic E-state index is 0.554. The fourth-order valence-electron chi connectivity index (χ4n) is 1.73. The van der Waals surface area contributed by atoms with Gasteiger partial charge >= 0.3 is 0 Å². The van der Waals surface area contributed by atoms with Crippen molar-refractivity contribution in [3.63, 3.8) is 0 Å². The number of nitrogens with one attached hydrogen (secondary N) is 2. The Hall–Kier alpha value is -1.52. The molecule has 4 nitrogen and oxygen atoms in total. The summed E-state index contributed by atoms with van der Waals surface area (Å²) in [5.74, 6) is 1.50. The predicted octanol–water partition coefficient (Wildman–Crippen LogP) is 4.66. The second-order valence-electron chi connectivity index (χ2n) is 4.34. The van der Waals surface area contributed by atoms with E-state index in [2.05, 4.69) is 27.5 Å². The summed E-state index contributed by atoms with van der Waals surface area (Å²) >= 11 is 12.3. The fourth-order valence-corrected chi connectivity index (χ4v) is 2.23. The summed E-state index contributed by atoms with van der Waals surface area (Å²) in [6.07, 6.45) is 2.54. The minimum atomic E-state index is 0.554. The molecule has 0 unspecified atom stereocenters. The quantitative estimate of drug-likeness (QED) is 0.843. The van der Waals surface area contributed by atoms with E-state index in [9.17, 15) is 0 Å². The van der Waals surface area contributed by atoms with Gasteiger partial charge in [-0.1, -0.05) is 36.2 Å². The number of hydrogen-bond donors (Lipinski definition) is 2. The van der Waals surface area contributed by atoms with Gasteiger partial charge in [-0.25, -0.2) is 9.97 Å². The lowest BCUT2D eigenvalue weighted by Crippen LogP contribution is -2.07. The maximum atomic E-state index is 6.15. The van der Waals surface area contributed by atoms with Gasteiger partial charge in [-0.3, -0.25) is 0 Å². The molecule has 0 aliphatic rings. The molecule has 2 N–H and O–H groups in total. The highest BCUT2D eigenvalue weighted by molar-refractivity contribution is 6.39. The van der Waals surface area contributed by atoms with Crippen LogP contribution in [0.5, 0.6) is 0 Å². The normalized spacial score (nSPS) is 10.4. The first-order valence-corrected chi connectivity index (χ1v) is 7.15. The summed E-state index contributed by atoms with van der Waals surface area (Å²) in [7, 11) is 0. The Labute approximate surface area is 128 Å². The van der Waals surface area contributed by atoms with Crippen LogP contribution >= 0.6 is 23.2 Å². The van der Waals surface area contributed by atoms with E-state index in [-0.39, 0.29) is 0 Å². The Bertz CT molecular complexity index is 581. The zero-order valence-electron chi connectivity index (χ0n) is 11.4. The van der Waals surface area contributed by atoms with Gasteiger partial charge in [0.05, 0.1) is 15.7 Å². The smallest absolute Gasteiger partial charge is 0.138 e. The maximum absolute atomic E-state index is 6.15. The van der Waals surface area contributed by atoms with Gasteiger partial charge in [-0.05, 0) is 25.5 Å². The van der Waals surface area contributed by atoms with E-state index in [1.54, 1.807) is 18.2 Å². The number of benzene rings is 1. The summed E-state index contributed by atoms with van der Waals surface area (Å²) in [4.78, 5) is 8.48. The molecule has 1 aromatic carbocycles. The van der Waals surface area contributed by atoms with Crippen molar-refractivity contribution in [1.29, 1.82) is 0 Å². The zero-order valence-corrected chi connectivity index (χ0v) is 12.9. The number of aromatic nitrogens is 2. The van der Waals surface area contributed by atoms with Crippen LogP contribution in [0, 0.1) is 6.92 Å². The standard InChI is InChI=1S/C14H16Cl2N4/c1-3-7-17-13-9(2)14(19-8-18-13)20-12-10(15)5-4-6-11(12)16/h4-6,8H,3,7H2,1-2H3,(H2,17,18,19,20). The molecule has 106 valence electrons. The van der Waals surface area contributed by atoms with Crippen LogP contribution in [0.3, 0.4) is 0 Å². The van der Waals surface area contributed by atoms with Crippen molar-refractivity contribution < 1.29 is 0 Å². The Morgan fingerprint density at radius 3 is 2.40 bits per heavy atom. The average molecular weight is 311 g/mol. The summed E-state index contributed by atoms with van der Waals surface area (Å²) < 4.78 is 0. The van der Waals surface area contributed by atoms with Crippen LogP contribution in [0.2, 0.25) is 10.0 Å². The fraction of sp³-hybridized carbons (Fsp3) is 0.286. The third-order valence-corrected chi connectivity index (χ3v) is 3.46. The van der Waals surface area contributed by atoms with Gasteiger partial charge in [0.1, 0.15) is 18.0 Å². The first kappa shape index (κ1) is 14.9. The van der Waals surface area contributed by atoms with E-state index >= 15 is 0 Å². The molecule has 0 saturated heterocycles. The molecule has 0 atom stereocenters. The van der Waals surface area contributed by atoms with E-state index in [1.165, 1.54) is 6.33 Å². The molecular weight excluding hydrogens is 295 g/mol. The van der Waals surface area contributed by atoms with Gasteiger partial charge in [0.15, 0.2) is 0 Å². The van der Waals surface area contributed by atoms with Gasteiger partial charge in [-0.15, -0.1) is 0 Å². The van der Waals surface area contributed by atoms with Crippen LogP contribution in [-0.4, -0.2) is 16.5 Å². The van der Waals surface area contributed by atoms with E-state index < -0.39 is 0 Å². The molecule has 0 spiro atoms. The maximum Gasteiger partial charge on any atom is 0.138 e. The number of anilines is 3. The molecule has 1 aromatic heterocycles. The van der Waals surface area contributed by atoms with E-state index in [1.807, 2.05) is 6.92 Å². The van der Waals surface area contributed by atoms with Gasteiger partial charge in [0.25, 0.3) is 0 Å². The van der Waals surface area contributed by atoms with Crippen LogP contribution in [0.1, 0.15) is 18.9 Å². The van der Waals surface area contributed by atoms with Crippen LogP contribution in [-0.2, 0) is 0 Å². The first-order chi connectivity index (χ1) is 9.63. The highest BCUT2D eigenvalue weighted by Gasteiger charge is 2.10. The minimum Gasteiger partial charge on any atom is -0.370 e. The predicted molar refractivity (Wildman–Crippen MR) is 85.3 cm³/mol. The molecule has 0 amide bonds. The molecule has 6 heteroatoms. The van der Waals surface area contributed by atoms with Crippen molar-refractivity contribution in [3.05, 3.63) is 40.1 Å². The van der Waals surface area contributed by atoms with Gasteiger partial charge in [0.2, 0.25) is 0 Å². The van der Waals surface area contributed by atoms with Crippen molar-refractivity contribution in [2.75, 3.05) is 17.2 Å². The highest BCUT2D eigenvalue weighted by Crippen LogP contribution is 2.33. The topological polar surface area (TPSA) is 49.8 Å². The van der Waals surface area contributed by atoms with Crippen LogP contribution < -0.4 is 10.6 Å². The molecular formula is C14H16Cl2N4. The lowest BCUT2D eigenvalue weighted by molar-refractivity contribution is 0.960. The zero-order chi connectivity index (χ0) is 14.5. The van der Waals surface area contributed by atoms with Crippen molar-refractivity contribution in [2.45, 2.75) is 20.3 Å². The second-order valence-corrected chi connectivity index (χ2v) is 5.16. The molecule has 0 fully saturated rings. The average Bonchev–Trinajstić information content (AvgIpc) is 2.43. The Morgan fingerprint density at radius 2 is 1.75 bits per heavy atom. The van der Waals surface area contributed by atoms with E-state index in [0.717, 1.165) is 24.3 Å². The largest absolute Gasteiger partial charge is 0.370 e. The van der Waals surface area contributed by atoms with E-state index in [0.29, 0.717) is 21.6 Å². The van der Waals surface area contributed by atoms with Crippen LogP contribution in [0.25, 0.3) is 0 Å². The number of hydrogen-bond acceptors (Lipinski definition) is 4. The first-order valence-electron chi connectivity index (χ1n) is 6.40. The molecule has 2 rings (SSSR count). The molecule has 0 aliphatic carbocycles. The van der Waals surface area contributed by atoms with Crippen LogP contribution in [0.4, 0.5) is 17.3 Å². The lowest BCUT2D eigenvalue weighted by atomic mass is 10.2. The van der Waals surface area contributed by atoms with Crippen LogP contribution in [0.15, 0.2) is 24.5 Å². The molecule has 0 bridgehead atoms. The van der Waals surface area contributed by atoms with Crippen molar-refractivity contribution in [1.82, 2.24) is 9.97 Å². The number of halogens is 2. The Morgan fingerprint density at radius 1 is 1.10 bits per heavy atom.